The molecule has 2 heterocycles. The van der Waals surface area contributed by atoms with Gasteiger partial charge in [0, 0.05) is 11.8 Å². The highest BCUT2D eigenvalue weighted by Gasteiger charge is 2.34. The molecule has 2 aliphatic rings. The third kappa shape index (κ3) is 2.57. The molecule has 3 aromatic carbocycles. The molecule has 1 amide bonds. The van der Waals surface area contributed by atoms with Crippen molar-refractivity contribution in [1.82, 2.24) is 0 Å². The van der Waals surface area contributed by atoms with Gasteiger partial charge in [-0.05, 0) is 42.0 Å². The summed E-state index contributed by atoms with van der Waals surface area (Å²) in [6.07, 6.45) is -0.552. The summed E-state index contributed by atoms with van der Waals surface area (Å²) in [4.78, 5) is 14.9. The van der Waals surface area contributed by atoms with Gasteiger partial charge < -0.3 is 14.8 Å². The number of carbonyl (C=O) groups excluding carboxylic acids is 1. The molecule has 6 heteroatoms. The Morgan fingerprint density at radius 3 is 2.70 bits per heavy atom. The van der Waals surface area contributed by atoms with Crippen LogP contribution in [0.4, 0.5) is 15.8 Å². The fourth-order valence-corrected chi connectivity index (χ4v) is 3.46. The smallest absolute Gasteiger partial charge is 0.262 e. The molecule has 0 radical (unpaired) electrons. The minimum Gasteiger partial charge on any atom is -0.454 e. The topological polar surface area (TPSA) is 50.8 Å². The summed E-state index contributed by atoms with van der Waals surface area (Å²) >= 11 is 0. The SMILES string of the molecule is O=C1c2ccccc2N[C@@H](c2cccc(F)c2)N1c1ccc2c(c1)OCO2. The molecular weight excluding hydrogens is 347 g/mol. The van der Waals surface area contributed by atoms with Crippen LogP contribution < -0.4 is 19.7 Å². The van der Waals surface area contributed by atoms with Crippen LogP contribution in [0.3, 0.4) is 0 Å². The number of benzene rings is 3. The Bertz CT molecular complexity index is 1050. The Hall–Kier alpha value is -3.54. The zero-order valence-electron chi connectivity index (χ0n) is 14.2. The van der Waals surface area contributed by atoms with Crippen LogP contribution in [0.2, 0.25) is 0 Å². The maximum atomic E-state index is 13.9. The predicted molar refractivity (Wildman–Crippen MR) is 98.6 cm³/mol. The zero-order valence-corrected chi connectivity index (χ0v) is 14.2. The lowest BCUT2D eigenvalue weighted by atomic mass is 10.0. The van der Waals surface area contributed by atoms with Crippen LogP contribution in [0.15, 0.2) is 66.7 Å². The first kappa shape index (κ1) is 15.7. The molecule has 5 nitrogen and oxygen atoms in total. The molecule has 0 fully saturated rings. The summed E-state index contributed by atoms with van der Waals surface area (Å²) in [7, 11) is 0. The Labute approximate surface area is 154 Å². The van der Waals surface area contributed by atoms with E-state index in [0.717, 1.165) is 0 Å². The molecule has 0 aromatic heterocycles. The van der Waals surface area contributed by atoms with Crippen molar-refractivity contribution in [1.29, 1.82) is 0 Å². The highest BCUT2D eigenvalue weighted by Crippen LogP contribution is 2.41. The molecule has 0 saturated heterocycles. The number of fused-ring (bicyclic) bond motifs is 2. The van der Waals surface area contributed by atoms with Crippen LogP contribution >= 0.6 is 0 Å². The van der Waals surface area contributed by atoms with Crippen molar-refractivity contribution in [2.24, 2.45) is 0 Å². The zero-order chi connectivity index (χ0) is 18.4. The minimum absolute atomic E-state index is 0.154. The number of nitrogens with one attached hydrogen (secondary N) is 1. The Morgan fingerprint density at radius 2 is 1.81 bits per heavy atom. The second-order valence-electron chi connectivity index (χ2n) is 6.36. The van der Waals surface area contributed by atoms with Crippen molar-refractivity contribution in [2.75, 3.05) is 17.0 Å². The summed E-state index contributed by atoms with van der Waals surface area (Å²) < 4.78 is 24.7. The lowest BCUT2D eigenvalue weighted by Gasteiger charge is -2.38. The predicted octanol–water partition coefficient (Wildman–Crippen LogP) is 4.33. The van der Waals surface area contributed by atoms with Gasteiger partial charge in [0.05, 0.1) is 11.3 Å². The van der Waals surface area contributed by atoms with Gasteiger partial charge in [0.2, 0.25) is 6.79 Å². The van der Waals surface area contributed by atoms with E-state index < -0.39 is 6.17 Å². The number of hydrogen-bond acceptors (Lipinski definition) is 4. The van der Waals surface area contributed by atoms with E-state index >= 15 is 0 Å². The number of carbonyl (C=O) groups is 1. The molecule has 0 aliphatic carbocycles. The van der Waals surface area contributed by atoms with E-state index in [1.54, 1.807) is 41.3 Å². The number of ether oxygens (including phenoxy) is 2. The normalized spacial score (nSPS) is 17.4. The second kappa shape index (κ2) is 6.02. The molecule has 2 aliphatic heterocycles. The lowest BCUT2D eigenvalue weighted by molar-refractivity contribution is 0.0975. The maximum absolute atomic E-state index is 13.9. The summed E-state index contributed by atoms with van der Waals surface area (Å²) in [6, 6.07) is 18.9. The third-order valence-corrected chi connectivity index (χ3v) is 4.73. The van der Waals surface area contributed by atoms with Crippen LogP contribution in [-0.4, -0.2) is 12.7 Å². The molecule has 3 aromatic rings. The summed E-state index contributed by atoms with van der Waals surface area (Å²) in [5.74, 6) is 0.694. The van der Waals surface area contributed by atoms with Crippen LogP contribution in [0.1, 0.15) is 22.1 Å². The molecule has 134 valence electrons. The van der Waals surface area contributed by atoms with Crippen molar-refractivity contribution in [3.63, 3.8) is 0 Å². The van der Waals surface area contributed by atoms with Crippen molar-refractivity contribution in [3.8, 4) is 11.5 Å². The maximum Gasteiger partial charge on any atom is 0.262 e. The number of nitrogens with zero attached hydrogens (tertiary/aromatic N) is 1. The monoisotopic (exact) mass is 362 g/mol. The fraction of sp³-hybridized carbons (Fsp3) is 0.0952. The third-order valence-electron chi connectivity index (χ3n) is 4.73. The Balaban J connectivity index is 1.66. The van der Waals surface area contributed by atoms with E-state index in [9.17, 15) is 9.18 Å². The van der Waals surface area contributed by atoms with Crippen LogP contribution in [-0.2, 0) is 0 Å². The summed E-state index contributed by atoms with van der Waals surface area (Å²) in [6.45, 7) is 0.154. The first-order chi connectivity index (χ1) is 13.2. The van der Waals surface area contributed by atoms with Gasteiger partial charge in [0.1, 0.15) is 12.0 Å². The molecule has 1 atom stereocenters. The number of anilines is 2. The van der Waals surface area contributed by atoms with Gasteiger partial charge in [-0.2, -0.15) is 0 Å². The molecule has 0 saturated carbocycles. The van der Waals surface area contributed by atoms with E-state index in [2.05, 4.69) is 5.32 Å². The van der Waals surface area contributed by atoms with E-state index in [4.69, 9.17) is 9.47 Å². The number of halogens is 1. The Morgan fingerprint density at radius 1 is 0.963 bits per heavy atom. The average Bonchev–Trinajstić information content (AvgIpc) is 3.16. The summed E-state index contributed by atoms with van der Waals surface area (Å²) in [5, 5.41) is 3.35. The Kier molecular flexibility index (Phi) is 3.50. The summed E-state index contributed by atoms with van der Waals surface area (Å²) in [5.41, 5.74) is 2.56. The fourth-order valence-electron chi connectivity index (χ4n) is 3.46. The van der Waals surface area contributed by atoms with E-state index in [1.165, 1.54) is 12.1 Å². The van der Waals surface area contributed by atoms with Gasteiger partial charge in [-0.3, -0.25) is 9.69 Å². The molecule has 0 spiro atoms. The number of rotatable bonds is 2. The lowest BCUT2D eigenvalue weighted by Crippen LogP contribution is -2.43. The highest BCUT2D eigenvalue weighted by atomic mass is 19.1. The standard InChI is InChI=1S/C21H15FN2O3/c22-14-5-3-4-13(10-14)20-23-17-7-2-1-6-16(17)21(25)24(20)15-8-9-18-19(11-15)27-12-26-18/h1-11,20,23H,12H2/t20-/m1/s1. The largest absolute Gasteiger partial charge is 0.454 e. The van der Waals surface area contributed by atoms with Crippen molar-refractivity contribution < 1.29 is 18.7 Å². The first-order valence-electron chi connectivity index (χ1n) is 8.55. The van der Waals surface area contributed by atoms with E-state index in [1.807, 2.05) is 18.2 Å². The van der Waals surface area contributed by atoms with Gasteiger partial charge in [0.25, 0.3) is 5.91 Å². The number of hydrogen-bond donors (Lipinski definition) is 1. The molecule has 1 N–H and O–H groups in total. The van der Waals surface area contributed by atoms with Crippen LogP contribution in [0, 0.1) is 5.82 Å². The average molecular weight is 362 g/mol. The van der Waals surface area contributed by atoms with Crippen LogP contribution in [0.5, 0.6) is 11.5 Å². The van der Waals surface area contributed by atoms with Crippen LogP contribution in [0.25, 0.3) is 0 Å². The van der Waals surface area contributed by atoms with Crippen molar-refractivity contribution >= 4 is 17.3 Å². The van der Waals surface area contributed by atoms with Crippen molar-refractivity contribution in [3.05, 3.63) is 83.7 Å². The quantitative estimate of drug-likeness (QED) is 0.737. The molecule has 27 heavy (non-hydrogen) atoms. The molecule has 0 bridgehead atoms. The highest BCUT2D eigenvalue weighted by molar-refractivity contribution is 6.12. The van der Waals surface area contributed by atoms with E-state index in [-0.39, 0.29) is 18.5 Å². The van der Waals surface area contributed by atoms with Gasteiger partial charge in [0.15, 0.2) is 11.5 Å². The van der Waals surface area contributed by atoms with Gasteiger partial charge in [-0.25, -0.2) is 4.39 Å². The first-order valence-corrected chi connectivity index (χ1v) is 8.55. The van der Waals surface area contributed by atoms with E-state index in [0.29, 0.717) is 34.0 Å². The number of para-hydroxylation sites is 1. The molecular formula is C21H15FN2O3. The number of amides is 1. The minimum atomic E-state index is -0.552. The second-order valence-corrected chi connectivity index (χ2v) is 6.36. The van der Waals surface area contributed by atoms with Gasteiger partial charge in [-0.1, -0.05) is 24.3 Å². The van der Waals surface area contributed by atoms with Gasteiger partial charge in [-0.15, -0.1) is 0 Å². The van der Waals surface area contributed by atoms with Crippen molar-refractivity contribution in [2.45, 2.75) is 6.17 Å². The molecule has 5 rings (SSSR count). The molecule has 0 unspecified atom stereocenters. The van der Waals surface area contributed by atoms with Gasteiger partial charge >= 0.3 is 0 Å².